The first-order valence-corrected chi connectivity index (χ1v) is 10.9. The highest BCUT2D eigenvalue weighted by atomic mass is 32.2. The minimum atomic E-state index is -3.84. The van der Waals surface area contributed by atoms with Gasteiger partial charge in [-0.25, -0.2) is 23.4 Å². The lowest BCUT2D eigenvalue weighted by molar-refractivity contribution is 0.102. The average molecular weight is 436 g/mol. The number of fused-ring (bicyclic) bond motifs is 1. The Balaban J connectivity index is 1.50. The fourth-order valence-corrected chi connectivity index (χ4v) is 4.13. The highest BCUT2D eigenvalue weighted by molar-refractivity contribution is 7.92. The maximum absolute atomic E-state index is 12.6. The molecule has 0 atom stereocenters. The Bertz CT molecular complexity index is 1370. The minimum Gasteiger partial charge on any atom is -0.321 e. The maximum atomic E-state index is 12.6. The number of carbonyl (C=O) groups is 1. The van der Waals surface area contributed by atoms with Gasteiger partial charge in [0.1, 0.15) is 23.0 Å². The monoisotopic (exact) mass is 436 g/mol. The summed E-state index contributed by atoms with van der Waals surface area (Å²) < 4.78 is 29.5. The molecule has 10 heteroatoms. The summed E-state index contributed by atoms with van der Waals surface area (Å²) in [6.45, 7) is 5.37. The molecular formula is C21H20N6O3S. The molecule has 2 N–H and O–H groups in total. The summed E-state index contributed by atoms with van der Waals surface area (Å²) in [5, 5.41) is 2.73. The normalized spacial score (nSPS) is 11.5. The van der Waals surface area contributed by atoms with Crippen molar-refractivity contribution in [2.24, 2.45) is 0 Å². The third-order valence-corrected chi connectivity index (χ3v) is 5.93. The SMILES string of the molecule is Cc1cc(NS(=O)(=O)c2ccc(NC(=O)c3cn4c(C)cccc4n3)cc2)nc(C)n1. The molecule has 0 fully saturated rings. The molecule has 0 saturated heterocycles. The van der Waals surface area contributed by atoms with Gasteiger partial charge in [-0.05, 0) is 57.2 Å². The van der Waals surface area contributed by atoms with Gasteiger partial charge < -0.3 is 9.72 Å². The molecule has 31 heavy (non-hydrogen) atoms. The molecule has 3 aromatic heterocycles. The van der Waals surface area contributed by atoms with Crippen LogP contribution in [-0.4, -0.2) is 33.7 Å². The summed E-state index contributed by atoms with van der Waals surface area (Å²) in [6.07, 6.45) is 1.66. The fourth-order valence-electron chi connectivity index (χ4n) is 3.14. The van der Waals surface area contributed by atoms with Crippen LogP contribution in [0.4, 0.5) is 11.5 Å². The van der Waals surface area contributed by atoms with E-state index in [1.807, 2.05) is 29.5 Å². The second kappa shape index (κ2) is 7.80. The van der Waals surface area contributed by atoms with E-state index in [1.54, 1.807) is 26.1 Å². The van der Waals surface area contributed by atoms with Crippen LogP contribution in [0.25, 0.3) is 5.65 Å². The average Bonchev–Trinajstić information content (AvgIpc) is 3.13. The standard InChI is InChI=1S/C21H20N6O3S/c1-13-11-19(23-15(3)22-13)26-31(29,30)17-9-7-16(8-10-17)24-21(28)18-12-27-14(2)5-4-6-20(27)25-18/h4-12H,1-3H3,(H,24,28)(H,22,23,26). The number of anilines is 2. The van der Waals surface area contributed by atoms with E-state index in [1.165, 1.54) is 24.3 Å². The van der Waals surface area contributed by atoms with E-state index >= 15 is 0 Å². The third kappa shape index (κ3) is 4.38. The van der Waals surface area contributed by atoms with E-state index in [0.29, 0.717) is 22.9 Å². The molecule has 0 aliphatic heterocycles. The maximum Gasteiger partial charge on any atom is 0.275 e. The van der Waals surface area contributed by atoms with Crippen molar-refractivity contribution in [3.8, 4) is 0 Å². The van der Waals surface area contributed by atoms with Crippen LogP contribution in [0.5, 0.6) is 0 Å². The van der Waals surface area contributed by atoms with Crippen molar-refractivity contribution in [2.75, 3.05) is 10.0 Å². The van der Waals surface area contributed by atoms with E-state index < -0.39 is 10.0 Å². The Labute approximate surface area is 179 Å². The Morgan fingerprint density at radius 2 is 1.71 bits per heavy atom. The van der Waals surface area contributed by atoms with Gasteiger partial charge >= 0.3 is 0 Å². The smallest absolute Gasteiger partial charge is 0.275 e. The molecule has 4 rings (SSSR count). The lowest BCUT2D eigenvalue weighted by Crippen LogP contribution is -2.15. The molecule has 9 nitrogen and oxygen atoms in total. The Kier molecular flexibility index (Phi) is 5.15. The lowest BCUT2D eigenvalue weighted by Gasteiger charge is -2.09. The zero-order valence-corrected chi connectivity index (χ0v) is 17.9. The van der Waals surface area contributed by atoms with Crippen molar-refractivity contribution in [3.63, 3.8) is 0 Å². The number of imidazole rings is 1. The van der Waals surface area contributed by atoms with E-state index in [9.17, 15) is 13.2 Å². The molecule has 0 spiro atoms. The zero-order valence-electron chi connectivity index (χ0n) is 17.1. The summed E-state index contributed by atoms with van der Waals surface area (Å²) in [5.74, 6) is 0.284. The van der Waals surface area contributed by atoms with Gasteiger partial charge in [0.2, 0.25) is 0 Å². The molecule has 0 unspecified atom stereocenters. The summed E-state index contributed by atoms with van der Waals surface area (Å²) in [7, 11) is -3.84. The predicted molar refractivity (Wildman–Crippen MR) is 117 cm³/mol. The van der Waals surface area contributed by atoms with Gasteiger partial charge in [-0.15, -0.1) is 0 Å². The van der Waals surface area contributed by atoms with Crippen molar-refractivity contribution >= 4 is 33.1 Å². The van der Waals surface area contributed by atoms with E-state index in [4.69, 9.17) is 0 Å². The van der Waals surface area contributed by atoms with Gasteiger partial charge in [0.15, 0.2) is 0 Å². The van der Waals surface area contributed by atoms with E-state index in [-0.39, 0.29) is 22.3 Å². The molecule has 158 valence electrons. The second-order valence-corrected chi connectivity index (χ2v) is 8.73. The molecule has 0 aliphatic rings. The van der Waals surface area contributed by atoms with Crippen LogP contribution in [0.2, 0.25) is 0 Å². The summed E-state index contributed by atoms with van der Waals surface area (Å²) in [4.78, 5) is 25.1. The minimum absolute atomic E-state index is 0.0442. The number of aromatic nitrogens is 4. The van der Waals surface area contributed by atoms with Gasteiger partial charge in [0.05, 0.1) is 4.90 Å². The number of pyridine rings is 1. The molecule has 0 saturated carbocycles. The lowest BCUT2D eigenvalue weighted by atomic mass is 10.3. The number of sulfonamides is 1. The van der Waals surface area contributed by atoms with E-state index in [0.717, 1.165) is 5.69 Å². The summed E-state index contributed by atoms with van der Waals surface area (Å²) >= 11 is 0. The fraction of sp³-hybridized carbons (Fsp3) is 0.143. The number of hydrogen-bond donors (Lipinski definition) is 2. The van der Waals surface area contributed by atoms with Crippen molar-refractivity contribution < 1.29 is 13.2 Å². The molecule has 1 aromatic carbocycles. The number of amides is 1. The predicted octanol–water partition coefficient (Wildman–Crippen LogP) is 3.10. The third-order valence-electron chi connectivity index (χ3n) is 4.56. The first kappa shape index (κ1) is 20.5. The molecule has 1 amide bonds. The number of nitrogens with zero attached hydrogens (tertiary/aromatic N) is 4. The number of aryl methyl sites for hydroxylation is 3. The molecule has 3 heterocycles. The van der Waals surface area contributed by atoms with Crippen LogP contribution in [0.1, 0.15) is 27.7 Å². The number of carbonyl (C=O) groups excluding carboxylic acids is 1. The van der Waals surface area contributed by atoms with Crippen LogP contribution >= 0.6 is 0 Å². The quantitative estimate of drug-likeness (QED) is 0.496. The van der Waals surface area contributed by atoms with Crippen molar-refractivity contribution in [1.29, 1.82) is 0 Å². The number of benzene rings is 1. The molecule has 0 aliphatic carbocycles. The van der Waals surface area contributed by atoms with Crippen LogP contribution in [0.15, 0.2) is 59.6 Å². The molecule has 4 aromatic rings. The van der Waals surface area contributed by atoms with Gasteiger partial charge in [0.25, 0.3) is 15.9 Å². The number of rotatable bonds is 5. The van der Waals surface area contributed by atoms with Crippen molar-refractivity contribution in [3.05, 3.63) is 77.6 Å². The van der Waals surface area contributed by atoms with Crippen LogP contribution in [0, 0.1) is 20.8 Å². The van der Waals surface area contributed by atoms with Crippen LogP contribution in [-0.2, 0) is 10.0 Å². The molecule has 0 bridgehead atoms. The largest absolute Gasteiger partial charge is 0.321 e. The highest BCUT2D eigenvalue weighted by Gasteiger charge is 2.17. The topological polar surface area (TPSA) is 118 Å². The molecular weight excluding hydrogens is 416 g/mol. The summed E-state index contributed by atoms with van der Waals surface area (Å²) in [6, 6.07) is 13.0. The van der Waals surface area contributed by atoms with Gasteiger partial charge in [0, 0.05) is 29.3 Å². The van der Waals surface area contributed by atoms with Crippen LogP contribution in [0.3, 0.4) is 0 Å². The first-order valence-electron chi connectivity index (χ1n) is 9.42. The van der Waals surface area contributed by atoms with Gasteiger partial charge in [-0.2, -0.15) is 0 Å². The summed E-state index contributed by atoms with van der Waals surface area (Å²) in [5.41, 5.74) is 3.01. The Morgan fingerprint density at radius 3 is 2.39 bits per heavy atom. The molecule has 0 radical (unpaired) electrons. The van der Waals surface area contributed by atoms with Crippen molar-refractivity contribution in [2.45, 2.75) is 25.7 Å². The zero-order chi connectivity index (χ0) is 22.2. The van der Waals surface area contributed by atoms with E-state index in [2.05, 4.69) is 25.0 Å². The Morgan fingerprint density at radius 1 is 0.968 bits per heavy atom. The Hall–Kier alpha value is -3.79. The van der Waals surface area contributed by atoms with Gasteiger partial charge in [-0.1, -0.05) is 6.07 Å². The van der Waals surface area contributed by atoms with Gasteiger partial charge in [-0.3, -0.25) is 9.52 Å². The van der Waals surface area contributed by atoms with Crippen LogP contribution < -0.4 is 10.0 Å². The number of hydrogen-bond acceptors (Lipinski definition) is 6. The second-order valence-electron chi connectivity index (χ2n) is 7.05. The number of nitrogens with one attached hydrogen (secondary N) is 2. The first-order chi connectivity index (χ1) is 14.7. The highest BCUT2D eigenvalue weighted by Crippen LogP contribution is 2.18. The van der Waals surface area contributed by atoms with Crippen molar-refractivity contribution in [1.82, 2.24) is 19.4 Å².